The quantitative estimate of drug-likeness (QED) is 0.461. The molecule has 3 N–H and O–H groups in total. The highest BCUT2D eigenvalue weighted by Crippen LogP contribution is 2.34. The molecule has 1 aromatic heterocycles. The largest absolute Gasteiger partial charge is 0.416 e. The van der Waals surface area contributed by atoms with E-state index in [4.69, 9.17) is 11.6 Å². The average Bonchev–Trinajstić information content (AvgIpc) is 3.29. The zero-order valence-electron chi connectivity index (χ0n) is 18.5. The lowest BCUT2D eigenvalue weighted by molar-refractivity contribution is -0.137. The van der Waals surface area contributed by atoms with E-state index in [1.54, 1.807) is 26.1 Å². The second-order valence-corrected chi connectivity index (χ2v) is 8.41. The molecule has 2 heterocycles. The standard InChI is InChI=1S/C23H19ClF3N5O3/c1-12-16(10-29-32(12)2)22(20(34)30-21(35)31-22)11-28-19(33)18-15(4-3-5-17(18)24)13-6-8-14(9-7-13)23(25,26)27/h3-10H,11H2,1-2H3,(H,28,33)(H2,30,31,34,35). The van der Waals surface area contributed by atoms with Crippen LogP contribution in [0.4, 0.5) is 18.0 Å². The van der Waals surface area contributed by atoms with Crippen LogP contribution >= 0.6 is 11.6 Å². The van der Waals surface area contributed by atoms with E-state index in [-0.39, 0.29) is 17.1 Å². The normalized spacial score (nSPS) is 17.8. The summed E-state index contributed by atoms with van der Waals surface area (Å²) in [5.41, 5.74) is -0.792. The summed E-state index contributed by atoms with van der Waals surface area (Å²) in [5.74, 6) is -1.35. The molecule has 1 aliphatic rings. The Kier molecular flexibility index (Phi) is 6.05. The molecule has 3 aromatic rings. The Morgan fingerprint density at radius 2 is 1.86 bits per heavy atom. The number of benzene rings is 2. The van der Waals surface area contributed by atoms with E-state index < -0.39 is 35.1 Å². The molecule has 12 heteroatoms. The minimum atomic E-state index is -4.50. The number of hydrogen-bond acceptors (Lipinski definition) is 4. The molecule has 4 rings (SSSR count). The van der Waals surface area contributed by atoms with Crippen molar-refractivity contribution in [1.29, 1.82) is 0 Å². The first kappa shape index (κ1) is 24.3. The molecule has 182 valence electrons. The highest BCUT2D eigenvalue weighted by atomic mass is 35.5. The van der Waals surface area contributed by atoms with Crippen LogP contribution in [0, 0.1) is 6.92 Å². The molecule has 0 bridgehead atoms. The minimum absolute atomic E-state index is 0.0108. The first-order valence-corrected chi connectivity index (χ1v) is 10.7. The van der Waals surface area contributed by atoms with Crippen LogP contribution in [0.3, 0.4) is 0 Å². The number of carbonyl (C=O) groups excluding carboxylic acids is 3. The maximum atomic E-state index is 13.3. The van der Waals surface area contributed by atoms with Gasteiger partial charge in [0.25, 0.3) is 11.8 Å². The van der Waals surface area contributed by atoms with Crippen LogP contribution in [0.25, 0.3) is 11.1 Å². The smallest absolute Gasteiger partial charge is 0.349 e. The number of nitrogens with zero attached hydrogens (tertiary/aromatic N) is 2. The fourth-order valence-electron chi connectivity index (χ4n) is 3.95. The van der Waals surface area contributed by atoms with Crippen LogP contribution < -0.4 is 16.0 Å². The van der Waals surface area contributed by atoms with Gasteiger partial charge in [-0.1, -0.05) is 35.9 Å². The maximum Gasteiger partial charge on any atom is 0.416 e. The maximum absolute atomic E-state index is 13.3. The second-order valence-electron chi connectivity index (χ2n) is 8.00. The number of rotatable bonds is 5. The van der Waals surface area contributed by atoms with Crippen molar-refractivity contribution < 1.29 is 27.6 Å². The topological polar surface area (TPSA) is 105 Å². The Hall–Kier alpha value is -3.86. The van der Waals surface area contributed by atoms with Crippen molar-refractivity contribution in [3.8, 4) is 11.1 Å². The summed E-state index contributed by atoms with van der Waals surface area (Å²) in [7, 11) is 1.67. The van der Waals surface area contributed by atoms with Gasteiger partial charge in [-0.05, 0) is 36.2 Å². The summed E-state index contributed by atoms with van der Waals surface area (Å²) in [6, 6.07) is 8.18. The average molecular weight is 506 g/mol. The lowest BCUT2D eigenvalue weighted by Gasteiger charge is -2.26. The van der Waals surface area contributed by atoms with Crippen LogP contribution in [-0.4, -0.2) is 34.2 Å². The van der Waals surface area contributed by atoms with E-state index in [2.05, 4.69) is 21.0 Å². The SMILES string of the molecule is Cc1c(C2(CNC(=O)c3c(Cl)cccc3-c3ccc(C(F)(F)F)cc3)NC(=O)NC2=O)cnn1C. The van der Waals surface area contributed by atoms with Crippen LogP contribution in [0.5, 0.6) is 0 Å². The first-order chi connectivity index (χ1) is 16.4. The Morgan fingerprint density at radius 3 is 2.40 bits per heavy atom. The van der Waals surface area contributed by atoms with Crippen LogP contribution in [0.15, 0.2) is 48.7 Å². The number of urea groups is 1. The molecule has 1 unspecified atom stereocenters. The Labute approximate surface area is 202 Å². The van der Waals surface area contributed by atoms with E-state index in [1.165, 1.54) is 29.1 Å². The number of nitrogens with one attached hydrogen (secondary N) is 3. The van der Waals surface area contributed by atoms with Crippen molar-refractivity contribution in [3.05, 3.63) is 76.1 Å². The molecule has 1 aliphatic heterocycles. The van der Waals surface area contributed by atoms with Crippen molar-refractivity contribution in [2.24, 2.45) is 7.05 Å². The Morgan fingerprint density at radius 1 is 1.17 bits per heavy atom. The van der Waals surface area contributed by atoms with Gasteiger partial charge < -0.3 is 10.6 Å². The number of hydrogen-bond donors (Lipinski definition) is 3. The number of aromatic nitrogens is 2. The zero-order chi connectivity index (χ0) is 25.5. The molecule has 8 nitrogen and oxygen atoms in total. The summed E-state index contributed by atoms with van der Waals surface area (Å²) in [5, 5.41) is 11.6. The lowest BCUT2D eigenvalue weighted by Crippen LogP contribution is -2.52. The third kappa shape index (κ3) is 4.34. The number of amides is 4. The summed E-state index contributed by atoms with van der Waals surface area (Å²) in [4.78, 5) is 38.0. The number of alkyl halides is 3. The van der Waals surface area contributed by atoms with E-state index in [0.29, 0.717) is 22.4 Å². The van der Waals surface area contributed by atoms with Crippen molar-refractivity contribution in [2.75, 3.05) is 6.54 Å². The molecule has 0 spiro atoms. The van der Waals surface area contributed by atoms with E-state index in [1.807, 2.05) is 0 Å². The molecule has 1 saturated heterocycles. The molecule has 0 aliphatic carbocycles. The van der Waals surface area contributed by atoms with Crippen molar-refractivity contribution >= 4 is 29.4 Å². The van der Waals surface area contributed by atoms with Crippen LogP contribution in [0.2, 0.25) is 5.02 Å². The van der Waals surface area contributed by atoms with Gasteiger partial charge in [-0.25, -0.2) is 4.79 Å². The van der Waals surface area contributed by atoms with E-state index >= 15 is 0 Å². The number of aryl methyl sites for hydroxylation is 1. The minimum Gasteiger partial charge on any atom is -0.349 e. The summed E-state index contributed by atoms with van der Waals surface area (Å²) in [6.45, 7) is 1.38. The molecular weight excluding hydrogens is 487 g/mol. The second kappa shape index (κ2) is 8.73. The highest BCUT2D eigenvalue weighted by molar-refractivity contribution is 6.34. The Bertz CT molecular complexity index is 1340. The molecule has 35 heavy (non-hydrogen) atoms. The first-order valence-electron chi connectivity index (χ1n) is 10.3. The van der Waals surface area contributed by atoms with Crippen LogP contribution in [0.1, 0.15) is 27.2 Å². The highest BCUT2D eigenvalue weighted by Gasteiger charge is 2.50. The van der Waals surface area contributed by atoms with Gasteiger partial charge in [0, 0.05) is 18.3 Å². The number of carbonyl (C=O) groups is 3. The van der Waals surface area contributed by atoms with E-state index in [0.717, 1.165) is 12.1 Å². The van der Waals surface area contributed by atoms with E-state index in [9.17, 15) is 27.6 Å². The molecule has 1 atom stereocenters. The van der Waals surface area contributed by atoms with Gasteiger partial charge in [0.15, 0.2) is 5.54 Å². The number of imide groups is 1. The van der Waals surface area contributed by atoms with Gasteiger partial charge in [-0.2, -0.15) is 18.3 Å². The van der Waals surface area contributed by atoms with Crippen LogP contribution in [-0.2, 0) is 23.6 Å². The summed E-state index contributed by atoms with van der Waals surface area (Å²) < 4.78 is 40.4. The van der Waals surface area contributed by atoms with Crippen molar-refractivity contribution in [2.45, 2.75) is 18.6 Å². The predicted octanol–water partition coefficient (Wildman–Crippen LogP) is 3.53. The van der Waals surface area contributed by atoms with Gasteiger partial charge in [0.2, 0.25) is 0 Å². The van der Waals surface area contributed by atoms with Gasteiger partial charge in [-0.3, -0.25) is 19.6 Å². The van der Waals surface area contributed by atoms with Gasteiger partial charge >= 0.3 is 12.2 Å². The third-order valence-corrected chi connectivity index (χ3v) is 6.23. The fourth-order valence-corrected chi connectivity index (χ4v) is 4.21. The lowest BCUT2D eigenvalue weighted by atomic mass is 9.90. The van der Waals surface area contributed by atoms with Crippen molar-refractivity contribution in [3.63, 3.8) is 0 Å². The molecule has 4 amide bonds. The fraction of sp³-hybridized carbons (Fsp3) is 0.217. The van der Waals surface area contributed by atoms with Gasteiger partial charge in [0.05, 0.1) is 28.9 Å². The predicted molar refractivity (Wildman–Crippen MR) is 121 cm³/mol. The Balaban J connectivity index is 1.67. The summed E-state index contributed by atoms with van der Waals surface area (Å²) >= 11 is 6.30. The van der Waals surface area contributed by atoms with Crippen molar-refractivity contribution in [1.82, 2.24) is 25.7 Å². The molecule has 0 saturated carbocycles. The third-order valence-electron chi connectivity index (χ3n) is 5.91. The number of halogens is 4. The van der Waals surface area contributed by atoms with Gasteiger partial charge in [0.1, 0.15) is 0 Å². The zero-order valence-corrected chi connectivity index (χ0v) is 19.2. The summed E-state index contributed by atoms with van der Waals surface area (Å²) in [6.07, 6.45) is -3.08. The monoisotopic (exact) mass is 505 g/mol. The molecule has 2 aromatic carbocycles. The van der Waals surface area contributed by atoms with Gasteiger partial charge in [-0.15, -0.1) is 0 Å². The molecule has 1 fully saturated rings. The molecule has 0 radical (unpaired) electrons. The molecular formula is C23H19ClF3N5O3.